The molecule has 0 spiro atoms. The van der Waals surface area contributed by atoms with Crippen LogP contribution in [0.4, 0.5) is 0 Å². The predicted octanol–water partition coefficient (Wildman–Crippen LogP) is 2.18. The van der Waals surface area contributed by atoms with E-state index in [9.17, 15) is 0 Å². The van der Waals surface area contributed by atoms with Crippen LogP contribution in [0, 0.1) is 19.3 Å². The van der Waals surface area contributed by atoms with E-state index in [1.54, 1.807) is 6.07 Å². The Balaban J connectivity index is 2.75. The topological polar surface area (TPSA) is 81.2 Å². The summed E-state index contributed by atoms with van der Waals surface area (Å²) in [6, 6.07) is 1.79. The second-order valence-corrected chi connectivity index (χ2v) is 5.45. The second-order valence-electron chi connectivity index (χ2n) is 5.45. The normalized spacial score (nSPS) is 11.4. The van der Waals surface area contributed by atoms with E-state index in [1.165, 1.54) is 0 Å². The highest BCUT2D eigenvalue weighted by Crippen LogP contribution is 2.21. The van der Waals surface area contributed by atoms with Gasteiger partial charge in [0.1, 0.15) is 18.2 Å². The van der Waals surface area contributed by atoms with Gasteiger partial charge in [-0.05, 0) is 34.6 Å². The quantitative estimate of drug-likeness (QED) is 0.485. The third-order valence-electron chi connectivity index (χ3n) is 2.44. The Labute approximate surface area is 114 Å². The molecule has 0 fully saturated rings. The molecule has 0 atom stereocenters. The van der Waals surface area contributed by atoms with Crippen LogP contribution in [-0.2, 0) is 4.74 Å². The summed E-state index contributed by atoms with van der Waals surface area (Å²) in [5, 5.41) is 7.59. The number of nitrogens with one attached hydrogen (secondary N) is 1. The number of rotatable bonds is 5. The average Bonchev–Trinajstić information content (AvgIpc) is 2.21. The Morgan fingerprint density at radius 3 is 2.47 bits per heavy atom. The van der Waals surface area contributed by atoms with Crippen LogP contribution in [0.2, 0.25) is 0 Å². The highest BCUT2D eigenvalue weighted by Gasteiger charge is 2.13. The van der Waals surface area contributed by atoms with Gasteiger partial charge in [-0.1, -0.05) is 0 Å². The molecule has 1 heterocycles. The van der Waals surface area contributed by atoms with Gasteiger partial charge in [0.25, 0.3) is 0 Å². The molecule has 0 aromatic carbocycles. The summed E-state index contributed by atoms with van der Waals surface area (Å²) in [7, 11) is 0. The molecule has 3 N–H and O–H groups in total. The lowest BCUT2D eigenvalue weighted by molar-refractivity contribution is -0.0163. The summed E-state index contributed by atoms with van der Waals surface area (Å²) in [5.74, 6) is 0.562. The lowest BCUT2D eigenvalue weighted by atomic mass is 10.1. The number of nitrogens with two attached hydrogens (primary N) is 1. The minimum atomic E-state index is -0.184. The van der Waals surface area contributed by atoms with Crippen LogP contribution >= 0.6 is 0 Å². The molecule has 19 heavy (non-hydrogen) atoms. The van der Waals surface area contributed by atoms with Crippen LogP contribution in [0.1, 0.15) is 37.7 Å². The number of amidine groups is 1. The number of pyridine rings is 1. The van der Waals surface area contributed by atoms with Crippen molar-refractivity contribution in [2.75, 3.05) is 13.2 Å². The molecule has 5 heteroatoms. The Morgan fingerprint density at radius 2 is 1.95 bits per heavy atom. The van der Waals surface area contributed by atoms with Gasteiger partial charge in [-0.25, -0.2) is 0 Å². The first-order valence-electron chi connectivity index (χ1n) is 6.30. The number of aromatic nitrogens is 1. The molecule has 0 bridgehead atoms. The molecule has 1 rings (SSSR count). The van der Waals surface area contributed by atoms with Crippen molar-refractivity contribution in [2.24, 2.45) is 5.73 Å². The van der Waals surface area contributed by atoms with E-state index >= 15 is 0 Å². The Kier molecular flexibility index (Phi) is 4.89. The number of ether oxygens (including phenoxy) is 2. The first kappa shape index (κ1) is 15.4. The van der Waals surface area contributed by atoms with Crippen molar-refractivity contribution >= 4 is 5.84 Å². The van der Waals surface area contributed by atoms with E-state index in [4.69, 9.17) is 20.6 Å². The molecule has 0 aliphatic rings. The monoisotopic (exact) mass is 265 g/mol. The van der Waals surface area contributed by atoms with E-state index in [0.717, 1.165) is 5.69 Å². The van der Waals surface area contributed by atoms with Crippen molar-refractivity contribution in [1.82, 2.24) is 4.98 Å². The zero-order chi connectivity index (χ0) is 14.6. The molecule has 1 aromatic heterocycles. The van der Waals surface area contributed by atoms with E-state index in [-0.39, 0.29) is 11.4 Å². The first-order valence-corrected chi connectivity index (χ1v) is 6.30. The molecule has 0 unspecified atom stereocenters. The molecule has 0 aliphatic carbocycles. The van der Waals surface area contributed by atoms with E-state index < -0.39 is 0 Å². The molecule has 0 saturated heterocycles. The van der Waals surface area contributed by atoms with Gasteiger partial charge in [-0.2, -0.15) is 0 Å². The van der Waals surface area contributed by atoms with Crippen LogP contribution in [-0.4, -0.2) is 29.6 Å². The molecular formula is C14H23N3O2. The SMILES string of the molecule is Cc1cc(OCCOC(C)(C)C)c(C(=N)N)c(C)n1. The van der Waals surface area contributed by atoms with Gasteiger partial charge < -0.3 is 15.2 Å². The zero-order valence-corrected chi connectivity index (χ0v) is 12.3. The molecule has 0 aliphatic heterocycles. The van der Waals surface area contributed by atoms with Gasteiger partial charge in [-0.3, -0.25) is 10.4 Å². The Bertz CT molecular complexity index is 464. The summed E-state index contributed by atoms with van der Waals surface area (Å²) < 4.78 is 11.3. The average molecular weight is 265 g/mol. The van der Waals surface area contributed by atoms with Crippen molar-refractivity contribution in [3.63, 3.8) is 0 Å². The van der Waals surface area contributed by atoms with Crippen LogP contribution < -0.4 is 10.5 Å². The Hall–Kier alpha value is -1.62. The maximum atomic E-state index is 7.59. The zero-order valence-electron chi connectivity index (χ0n) is 12.3. The van der Waals surface area contributed by atoms with Crippen molar-refractivity contribution < 1.29 is 9.47 Å². The van der Waals surface area contributed by atoms with Crippen molar-refractivity contribution in [2.45, 2.75) is 40.2 Å². The van der Waals surface area contributed by atoms with E-state index in [1.807, 2.05) is 34.6 Å². The molecule has 0 saturated carbocycles. The summed E-state index contributed by atoms with van der Waals surface area (Å²) >= 11 is 0. The summed E-state index contributed by atoms with van der Waals surface area (Å²) in [6.07, 6.45) is 0. The molecule has 0 radical (unpaired) electrons. The fraction of sp³-hybridized carbons (Fsp3) is 0.571. The second kappa shape index (κ2) is 6.02. The number of nitrogens with zero attached hydrogens (tertiary/aromatic N) is 1. The van der Waals surface area contributed by atoms with E-state index in [0.29, 0.717) is 30.2 Å². The van der Waals surface area contributed by atoms with Crippen molar-refractivity contribution in [3.05, 3.63) is 23.0 Å². The van der Waals surface area contributed by atoms with Crippen molar-refractivity contribution in [3.8, 4) is 5.75 Å². The Morgan fingerprint density at radius 1 is 1.32 bits per heavy atom. The van der Waals surface area contributed by atoms with Crippen LogP contribution in [0.5, 0.6) is 5.75 Å². The fourth-order valence-electron chi connectivity index (χ4n) is 1.73. The predicted molar refractivity (Wildman–Crippen MR) is 75.9 cm³/mol. The summed E-state index contributed by atoms with van der Waals surface area (Å²) in [6.45, 7) is 10.6. The maximum Gasteiger partial charge on any atom is 0.133 e. The summed E-state index contributed by atoms with van der Waals surface area (Å²) in [5.41, 5.74) is 7.49. The third kappa shape index (κ3) is 4.87. The number of aryl methyl sites for hydroxylation is 2. The molecule has 1 aromatic rings. The molecule has 0 amide bonds. The van der Waals surface area contributed by atoms with Crippen LogP contribution in [0.15, 0.2) is 6.07 Å². The fourth-order valence-corrected chi connectivity index (χ4v) is 1.73. The number of hydrogen-bond donors (Lipinski definition) is 2. The molecular weight excluding hydrogens is 242 g/mol. The van der Waals surface area contributed by atoms with Gasteiger partial charge >= 0.3 is 0 Å². The van der Waals surface area contributed by atoms with Gasteiger partial charge in [0, 0.05) is 11.8 Å². The van der Waals surface area contributed by atoms with Crippen LogP contribution in [0.3, 0.4) is 0 Å². The molecule has 5 nitrogen and oxygen atoms in total. The van der Waals surface area contributed by atoms with Crippen molar-refractivity contribution in [1.29, 1.82) is 5.41 Å². The highest BCUT2D eigenvalue weighted by atomic mass is 16.5. The van der Waals surface area contributed by atoms with Gasteiger partial charge in [0.2, 0.25) is 0 Å². The van der Waals surface area contributed by atoms with E-state index in [2.05, 4.69) is 4.98 Å². The lowest BCUT2D eigenvalue weighted by Gasteiger charge is -2.20. The lowest BCUT2D eigenvalue weighted by Crippen LogP contribution is -2.23. The number of nitrogen functional groups attached to an aromatic ring is 1. The first-order chi connectivity index (χ1) is 8.70. The van der Waals surface area contributed by atoms with Gasteiger partial charge in [-0.15, -0.1) is 0 Å². The van der Waals surface area contributed by atoms with Crippen LogP contribution in [0.25, 0.3) is 0 Å². The number of hydrogen-bond acceptors (Lipinski definition) is 4. The smallest absolute Gasteiger partial charge is 0.133 e. The standard InChI is InChI=1S/C14H23N3O2/c1-9-8-11(12(13(15)16)10(2)17-9)18-6-7-19-14(3,4)5/h8H,6-7H2,1-5H3,(H3,15,16). The third-order valence-corrected chi connectivity index (χ3v) is 2.44. The minimum Gasteiger partial charge on any atom is -0.490 e. The largest absolute Gasteiger partial charge is 0.490 e. The molecule has 106 valence electrons. The summed E-state index contributed by atoms with van der Waals surface area (Å²) in [4.78, 5) is 4.29. The maximum absolute atomic E-state index is 7.59. The highest BCUT2D eigenvalue weighted by molar-refractivity contribution is 5.98. The van der Waals surface area contributed by atoms with Gasteiger partial charge in [0.05, 0.1) is 23.5 Å². The van der Waals surface area contributed by atoms with Gasteiger partial charge in [0.15, 0.2) is 0 Å². The minimum absolute atomic E-state index is 0.0308.